The Morgan fingerprint density at radius 1 is 1.21 bits per heavy atom. The SMILES string of the molecule is Cc1ccc(CNc2cccc(Cl)c2C(=O)O)cc1. The molecule has 0 aromatic heterocycles. The zero-order valence-electron chi connectivity index (χ0n) is 10.5. The summed E-state index contributed by atoms with van der Waals surface area (Å²) in [5.41, 5.74) is 2.91. The first-order chi connectivity index (χ1) is 9.08. The normalized spacial score (nSPS) is 10.2. The topological polar surface area (TPSA) is 49.3 Å². The average Bonchev–Trinajstić information content (AvgIpc) is 2.37. The fourth-order valence-electron chi connectivity index (χ4n) is 1.79. The van der Waals surface area contributed by atoms with Crippen LogP contribution < -0.4 is 5.32 Å². The van der Waals surface area contributed by atoms with Gasteiger partial charge in [-0.15, -0.1) is 0 Å². The summed E-state index contributed by atoms with van der Waals surface area (Å²) >= 11 is 5.91. The maximum atomic E-state index is 11.2. The van der Waals surface area contributed by atoms with Gasteiger partial charge in [-0.05, 0) is 24.6 Å². The van der Waals surface area contributed by atoms with Crippen LogP contribution >= 0.6 is 11.6 Å². The van der Waals surface area contributed by atoms with Crippen molar-refractivity contribution < 1.29 is 9.90 Å². The highest BCUT2D eigenvalue weighted by Gasteiger charge is 2.13. The maximum absolute atomic E-state index is 11.2. The van der Waals surface area contributed by atoms with Gasteiger partial charge in [-0.3, -0.25) is 0 Å². The van der Waals surface area contributed by atoms with Gasteiger partial charge in [0.15, 0.2) is 0 Å². The zero-order valence-corrected chi connectivity index (χ0v) is 11.2. The van der Waals surface area contributed by atoms with E-state index in [2.05, 4.69) is 5.32 Å². The number of nitrogens with one attached hydrogen (secondary N) is 1. The number of carboxylic acids is 1. The summed E-state index contributed by atoms with van der Waals surface area (Å²) in [5, 5.41) is 12.5. The fourth-order valence-corrected chi connectivity index (χ4v) is 2.05. The highest BCUT2D eigenvalue weighted by atomic mass is 35.5. The van der Waals surface area contributed by atoms with E-state index >= 15 is 0 Å². The molecular weight excluding hydrogens is 262 g/mol. The minimum atomic E-state index is -1.03. The molecule has 0 radical (unpaired) electrons. The number of carboxylic acid groups (broad SMARTS) is 1. The Hall–Kier alpha value is -2.00. The van der Waals surface area contributed by atoms with Gasteiger partial charge in [0, 0.05) is 6.54 Å². The second-order valence-corrected chi connectivity index (χ2v) is 4.71. The molecule has 0 aliphatic carbocycles. The fraction of sp³-hybridized carbons (Fsp3) is 0.133. The van der Waals surface area contributed by atoms with E-state index in [-0.39, 0.29) is 10.6 Å². The summed E-state index contributed by atoms with van der Waals surface area (Å²) in [6.45, 7) is 2.58. The minimum absolute atomic E-state index is 0.108. The third-order valence-corrected chi connectivity index (χ3v) is 3.15. The first-order valence-electron chi connectivity index (χ1n) is 5.89. The first kappa shape index (κ1) is 13.4. The molecule has 0 heterocycles. The van der Waals surface area contributed by atoms with Gasteiger partial charge in [0.1, 0.15) is 5.56 Å². The van der Waals surface area contributed by atoms with Crippen LogP contribution in [-0.4, -0.2) is 11.1 Å². The van der Waals surface area contributed by atoms with Crippen LogP contribution in [0.15, 0.2) is 42.5 Å². The van der Waals surface area contributed by atoms with E-state index < -0.39 is 5.97 Å². The van der Waals surface area contributed by atoms with Crippen LogP contribution in [0.5, 0.6) is 0 Å². The monoisotopic (exact) mass is 275 g/mol. The number of benzene rings is 2. The zero-order chi connectivity index (χ0) is 13.8. The lowest BCUT2D eigenvalue weighted by atomic mass is 10.1. The van der Waals surface area contributed by atoms with E-state index in [1.54, 1.807) is 18.2 Å². The summed E-state index contributed by atoms with van der Waals surface area (Å²) in [7, 11) is 0. The summed E-state index contributed by atoms with van der Waals surface area (Å²) in [6, 6.07) is 13.1. The van der Waals surface area contributed by atoms with E-state index in [1.165, 1.54) is 5.56 Å². The highest BCUT2D eigenvalue weighted by Crippen LogP contribution is 2.24. The van der Waals surface area contributed by atoms with Crippen LogP contribution in [0, 0.1) is 6.92 Å². The number of halogens is 1. The van der Waals surface area contributed by atoms with E-state index in [1.807, 2.05) is 31.2 Å². The van der Waals surface area contributed by atoms with Crippen LogP contribution in [0.3, 0.4) is 0 Å². The molecule has 2 aromatic carbocycles. The van der Waals surface area contributed by atoms with Crippen LogP contribution in [0.2, 0.25) is 5.02 Å². The number of rotatable bonds is 4. The van der Waals surface area contributed by atoms with Gasteiger partial charge in [-0.2, -0.15) is 0 Å². The number of aryl methyl sites for hydroxylation is 1. The van der Waals surface area contributed by atoms with Gasteiger partial charge in [0.25, 0.3) is 0 Å². The molecule has 98 valence electrons. The van der Waals surface area contributed by atoms with Crippen molar-refractivity contribution in [3.05, 3.63) is 64.2 Å². The second kappa shape index (κ2) is 5.76. The van der Waals surface area contributed by atoms with Gasteiger partial charge < -0.3 is 10.4 Å². The number of aromatic carboxylic acids is 1. The predicted octanol–water partition coefficient (Wildman–Crippen LogP) is 3.96. The third-order valence-electron chi connectivity index (χ3n) is 2.83. The quantitative estimate of drug-likeness (QED) is 0.888. The Labute approximate surface area is 116 Å². The van der Waals surface area contributed by atoms with Crippen molar-refractivity contribution in [2.75, 3.05) is 5.32 Å². The van der Waals surface area contributed by atoms with Crippen molar-refractivity contribution in [3.63, 3.8) is 0 Å². The van der Waals surface area contributed by atoms with Gasteiger partial charge in [-0.25, -0.2) is 4.79 Å². The summed E-state index contributed by atoms with van der Waals surface area (Å²) in [6.07, 6.45) is 0. The molecule has 3 nitrogen and oxygen atoms in total. The lowest BCUT2D eigenvalue weighted by Gasteiger charge is -2.11. The number of anilines is 1. The molecule has 2 N–H and O–H groups in total. The van der Waals surface area contributed by atoms with Crippen LogP contribution in [0.4, 0.5) is 5.69 Å². The predicted molar refractivity (Wildman–Crippen MR) is 76.9 cm³/mol. The molecule has 19 heavy (non-hydrogen) atoms. The number of carbonyl (C=O) groups is 1. The molecule has 0 aliphatic heterocycles. The summed E-state index contributed by atoms with van der Waals surface area (Å²) in [4.78, 5) is 11.2. The first-order valence-corrected chi connectivity index (χ1v) is 6.27. The van der Waals surface area contributed by atoms with Gasteiger partial charge in [0.05, 0.1) is 10.7 Å². The molecule has 0 amide bonds. The Kier molecular flexibility index (Phi) is 4.07. The van der Waals surface area contributed by atoms with Crippen molar-refractivity contribution in [1.29, 1.82) is 0 Å². The Balaban J connectivity index is 2.18. The highest BCUT2D eigenvalue weighted by molar-refractivity contribution is 6.34. The minimum Gasteiger partial charge on any atom is -0.478 e. The van der Waals surface area contributed by atoms with E-state index in [4.69, 9.17) is 16.7 Å². The summed E-state index contributed by atoms with van der Waals surface area (Å²) < 4.78 is 0. The third kappa shape index (κ3) is 3.26. The Morgan fingerprint density at radius 2 is 1.89 bits per heavy atom. The van der Waals surface area contributed by atoms with Crippen molar-refractivity contribution in [3.8, 4) is 0 Å². The molecule has 4 heteroatoms. The molecule has 0 saturated carbocycles. The average molecular weight is 276 g/mol. The van der Waals surface area contributed by atoms with Crippen LogP contribution in [0.25, 0.3) is 0 Å². The number of hydrogen-bond acceptors (Lipinski definition) is 2. The van der Waals surface area contributed by atoms with Crippen molar-refractivity contribution in [1.82, 2.24) is 0 Å². The Bertz CT molecular complexity index is 594. The molecule has 0 spiro atoms. The second-order valence-electron chi connectivity index (χ2n) is 4.31. The van der Waals surface area contributed by atoms with E-state index in [0.717, 1.165) is 5.56 Å². The lowest BCUT2D eigenvalue weighted by molar-refractivity contribution is 0.0698. The molecule has 2 aromatic rings. The Morgan fingerprint density at radius 3 is 2.53 bits per heavy atom. The van der Waals surface area contributed by atoms with E-state index in [9.17, 15) is 4.79 Å². The lowest BCUT2D eigenvalue weighted by Crippen LogP contribution is -2.07. The molecular formula is C15H14ClNO2. The largest absolute Gasteiger partial charge is 0.478 e. The summed E-state index contributed by atoms with van der Waals surface area (Å²) in [5.74, 6) is -1.03. The van der Waals surface area contributed by atoms with Crippen molar-refractivity contribution in [2.24, 2.45) is 0 Å². The van der Waals surface area contributed by atoms with Crippen LogP contribution in [0.1, 0.15) is 21.5 Å². The standard InChI is InChI=1S/C15H14ClNO2/c1-10-5-7-11(8-6-10)9-17-13-4-2-3-12(16)14(13)15(18)19/h2-8,17H,9H2,1H3,(H,18,19). The maximum Gasteiger partial charge on any atom is 0.339 e. The van der Waals surface area contributed by atoms with Crippen LogP contribution in [-0.2, 0) is 6.54 Å². The van der Waals surface area contributed by atoms with Gasteiger partial charge in [-0.1, -0.05) is 47.5 Å². The van der Waals surface area contributed by atoms with Crippen molar-refractivity contribution in [2.45, 2.75) is 13.5 Å². The molecule has 0 fully saturated rings. The molecule has 0 aliphatic rings. The van der Waals surface area contributed by atoms with Gasteiger partial charge >= 0.3 is 5.97 Å². The molecule has 0 atom stereocenters. The van der Waals surface area contributed by atoms with E-state index in [0.29, 0.717) is 12.2 Å². The van der Waals surface area contributed by atoms with Crippen molar-refractivity contribution >= 4 is 23.3 Å². The molecule has 2 rings (SSSR count). The smallest absolute Gasteiger partial charge is 0.339 e. The van der Waals surface area contributed by atoms with Gasteiger partial charge in [0.2, 0.25) is 0 Å². The number of hydrogen-bond donors (Lipinski definition) is 2. The molecule has 0 saturated heterocycles. The molecule has 0 unspecified atom stereocenters. The molecule has 0 bridgehead atoms.